The zero-order valence-corrected chi connectivity index (χ0v) is 30.8. The van der Waals surface area contributed by atoms with Crippen LogP contribution in [0.4, 0.5) is 0 Å². The van der Waals surface area contributed by atoms with E-state index in [0.717, 1.165) is 50.7 Å². The van der Waals surface area contributed by atoms with Gasteiger partial charge in [0.15, 0.2) is 5.82 Å². The number of fused-ring (bicyclic) bond motifs is 9. The van der Waals surface area contributed by atoms with Crippen molar-refractivity contribution in [3.8, 4) is 39.7 Å². The van der Waals surface area contributed by atoms with Gasteiger partial charge >= 0.3 is 0 Å². The molecule has 266 valence electrons. The Labute approximate surface area is 328 Å². The van der Waals surface area contributed by atoms with E-state index >= 15 is 0 Å². The lowest BCUT2D eigenvalue weighted by atomic mass is 10.1. The molecule has 4 aromatic heterocycles. The molecule has 0 aliphatic rings. The first-order chi connectivity index (χ1) is 28.3. The largest absolute Gasteiger partial charge is 0.309 e. The van der Waals surface area contributed by atoms with Crippen molar-refractivity contribution < 1.29 is 0 Å². The van der Waals surface area contributed by atoms with Crippen LogP contribution in [0.2, 0.25) is 0 Å². The highest BCUT2D eigenvalue weighted by Crippen LogP contribution is 2.39. The third-order valence-corrected chi connectivity index (χ3v) is 11.5. The summed E-state index contributed by atoms with van der Waals surface area (Å²) in [6, 6.07) is 69.6. The molecule has 57 heavy (non-hydrogen) atoms. The Balaban J connectivity index is 1.08. The van der Waals surface area contributed by atoms with E-state index < -0.39 is 0 Å². The fourth-order valence-corrected chi connectivity index (χ4v) is 8.98. The van der Waals surface area contributed by atoms with Crippen LogP contribution in [0.15, 0.2) is 200 Å². The van der Waals surface area contributed by atoms with Crippen molar-refractivity contribution in [3.63, 3.8) is 0 Å². The number of hydrogen-bond acceptors (Lipinski definition) is 2. The van der Waals surface area contributed by atoms with Crippen LogP contribution in [0, 0.1) is 0 Å². The van der Waals surface area contributed by atoms with E-state index in [-0.39, 0.29) is 0 Å². The molecule has 0 radical (unpaired) electrons. The number of benzene rings is 8. The standard InChI is InChI=1S/C52H33N5/c1-2-12-35(13-3-1)52-53-31-30-45(54-52)34-22-24-36(25-23-34)55-50-28-26-37(56-46-18-8-4-14-39(46)40-15-5-9-19-47(40)56)32-43(50)44-33-38(27-29-51(44)55)57-48-20-10-6-16-41(48)42-17-7-11-21-49(42)57/h1-33H. The lowest BCUT2D eigenvalue weighted by Gasteiger charge is -2.11. The van der Waals surface area contributed by atoms with Gasteiger partial charge in [0, 0.05) is 66.7 Å². The van der Waals surface area contributed by atoms with Crippen LogP contribution in [0.1, 0.15) is 0 Å². The second-order valence-corrected chi connectivity index (χ2v) is 14.7. The molecule has 12 aromatic rings. The highest BCUT2D eigenvalue weighted by atomic mass is 15.0. The molecular weight excluding hydrogens is 695 g/mol. The number of aromatic nitrogens is 5. The Morgan fingerprint density at radius 1 is 0.298 bits per heavy atom. The number of rotatable bonds is 5. The van der Waals surface area contributed by atoms with E-state index in [1.807, 2.05) is 42.6 Å². The van der Waals surface area contributed by atoms with Gasteiger partial charge in [-0.15, -0.1) is 0 Å². The van der Waals surface area contributed by atoms with Gasteiger partial charge in [0.25, 0.3) is 0 Å². The molecule has 0 saturated carbocycles. The predicted molar refractivity (Wildman–Crippen MR) is 236 cm³/mol. The first-order valence-corrected chi connectivity index (χ1v) is 19.3. The Bertz CT molecular complexity index is 3240. The highest BCUT2D eigenvalue weighted by Gasteiger charge is 2.19. The zero-order chi connectivity index (χ0) is 37.5. The van der Waals surface area contributed by atoms with Crippen LogP contribution < -0.4 is 0 Å². The molecule has 5 heteroatoms. The van der Waals surface area contributed by atoms with Gasteiger partial charge in [-0.3, -0.25) is 0 Å². The molecule has 4 heterocycles. The maximum Gasteiger partial charge on any atom is 0.159 e. The third-order valence-electron chi connectivity index (χ3n) is 11.5. The van der Waals surface area contributed by atoms with Crippen molar-refractivity contribution in [2.75, 3.05) is 0 Å². The molecule has 0 saturated heterocycles. The van der Waals surface area contributed by atoms with E-state index in [9.17, 15) is 0 Å². The molecule has 5 nitrogen and oxygen atoms in total. The van der Waals surface area contributed by atoms with Gasteiger partial charge in [-0.2, -0.15) is 0 Å². The molecule has 0 spiro atoms. The number of para-hydroxylation sites is 4. The summed E-state index contributed by atoms with van der Waals surface area (Å²) in [5.74, 6) is 0.720. The minimum atomic E-state index is 0.720. The van der Waals surface area contributed by atoms with Crippen LogP contribution in [-0.2, 0) is 0 Å². The summed E-state index contributed by atoms with van der Waals surface area (Å²) >= 11 is 0. The fourth-order valence-electron chi connectivity index (χ4n) is 8.98. The van der Waals surface area contributed by atoms with Gasteiger partial charge in [-0.1, -0.05) is 115 Å². The first-order valence-electron chi connectivity index (χ1n) is 19.3. The lowest BCUT2D eigenvalue weighted by molar-refractivity contribution is 1.16. The van der Waals surface area contributed by atoms with E-state index in [2.05, 4.69) is 176 Å². The molecule has 0 fully saturated rings. The third kappa shape index (κ3) is 4.82. The minimum Gasteiger partial charge on any atom is -0.309 e. The molecule has 0 aliphatic heterocycles. The average Bonchev–Trinajstić information content (AvgIpc) is 3.92. The summed E-state index contributed by atoms with van der Waals surface area (Å²) < 4.78 is 7.21. The molecule has 0 atom stereocenters. The van der Waals surface area contributed by atoms with E-state index in [1.165, 1.54) is 54.4 Å². The van der Waals surface area contributed by atoms with E-state index in [1.54, 1.807) is 0 Å². The van der Waals surface area contributed by atoms with E-state index in [0.29, 0.717) is 0 Å². The normalized spacial score (nSPS) is 11.9. The summed E-state index contributed by atoms with van der Waals surface area (Å²) in [5.41, 5.74) is 13.4. The van der Waals surface area contributed by atoms with Crippen LogP contribution in [0.25, 0.3) is 105 Å². The Morgan fingerprint density at radius 2 is 0.702 bits per heavy atom. The quantitative estimate of drug-likeness (QED) is 0.177. The van der Waals surface area contributed by atoms with Crippen molar-refractivity contribution in [1.29, 1.82) is 0 Å². The van der Waals surface area contributed by atoms with Gasteiger partial charge < -0.3 is 13.7 Å². The van der Waals surface area contributed by atoms with Gasteiger partial charge in [0.2, 0.25) is 0 Å². The lowest BCUT2D eigenvalue weighted by Crippen LogP contribution is -1.97. The van der Waals surface area contributed by atoms with Gasteiger partial charge in [-0.05, 0) is 78.9 Å². The SMILES string of the molecule is c1ccc(-c2nccc(-c3ccc(-n4c5ccc(-n6c7ccccc7c7ccccc76)cc5c5cc(-n6c7ccccc7c7ccccc76)ccc54)cc3)n2)cc1. The van der Waals surface area contributed by atoms with Gasteiger partial charge in [0.05, 0.1) is 38.8 Å². The topological polar surface area (TPSA) is 40.6 Å². The molecule has 0 bridgehead atoms. The molecule has 0 amide bonds. The maximum absolute atomic E-state index is 4.94. The van der Waals surface area contributed by atoms with Crippen LogP contribution >= 0.6 is 0 Å². The molecule has 0 aliphatic carbocycles. The average molecular weight is 728 g/mol. The number of hydrogen-bond donors (Lipinski definition) is 0. The molecule has 0 N–H and O–H groups in total. The van der Waals surface area contributed by atoms with Gasteiger partial charge in [0.1, 0.15) is 0 Å². The first kappa shape index (κ1) is 31.6. The maximum atomic E-state index is 4.94. The molecular formula is C52H33N5. The predicted octanol–water partition coefficient (Wildman–Crippen LogP) is 13.1. The molecule has 8 aromatic carbocycles. The minimum absolute atomic E-state index is 0.720. The smallest absolute Gasteiger partial charge is 0.159 e. The summed E-state index contributed by atoms with van der Waals surface area (Å²) in [6.07, 6.45) is 1.84. The number of nitrogens with zero attached hydrogens (tertiary/aromatic N) is 5. The van der Waals surface area contributed by atoms with Crippen molar-refractivity contribution in [1.82, 2.24) is 23.7 Å². The van der Waals surface area contributed by atoms with Gasteiger partial charge in [-0.25, -0.2) is 9.97 Å². The fraction of sp³-hybridized carbons (Fsp3) is 0. The second kappa shape index (κ2) is 12.4. The summed E-state index contributed by atoms with van der Waals surface area (Å²) in [4.78, 5) is 9.50. The van der Waals surface area contributed by atoms with Crippen LogP contribution in [0.5, 0.6) is 0 Å². The van der Waals surface area contributed by atoms with E-state index in [4.69, 9.17) is 4.98 Å². The Kier molecular flexibility index (Phi) is 6.86. The van der Waals surface area contributed by atoms with Crippen LogP contribution in [0.3, 0.4) is 0 Å². The molecule has 12 rings (SSSR count). The summed E-state index contributed by atoms with van der Waals surface area (Å²) in [7, 11) is 0. The van der Waals surface area contributed by atoms with Crippen molar-refractivity contribution in [2.24, 2.45) is 0 Å². The zero-order valence-electron chi connectivity index (χ0n) is 30.8. The van der Waals surface area contributed by atoms with Crippen molar-refractivity contribution >= 4 is 65.4 Å². The van der Waals surface area contributed by atoms with Crippen LogP contribution in [-0.4, -0.2) is 23.7 Å². The highest BCUT2D eigenvalue weighted by molar-refractivity contribution is 6.14. The molecule has 0 unspecified atom stereocenters. The van der Waals surface area contributed by atoms with Crippen molar-refractivity contribution in [2.45, 2.75) is 0 Å². The Morgan fingerprint density at radius 3 is 1.19 bits per heavy atom. The monoisotopic (exact) mass is 727 g/mol. The summed E-state index contributed by atoms with van der Waals surface area (Å²) in [6.45, 7) is 0. The van der Waals surface area contributed by atoms with Crippen molar-refractivity contribution in [3.05, 3.63) is 200 Å². The second-order valence-electron chi connectivity index (χ2n) is 14.7. The Hall–Kier alpha value is -7.76. The summed E-state index contributed by atoms with van der Waals surface area (Å²) in [5, 5.41) is 7.40.